The molecule has 4 fully saturated rings. The summed E-state index contributed by atoms with van der Waals surface area (Å²) in [4.78, 5) is 15.5. The summed E-state index contributed by atoms with van der Waals surface area (Å²) < 4.78 is 5.63. The van der Waals surface area contributed by atoms with Crippen LogP contribution in [0.25, 0.3) is 0 Å². The van der Waals surface area contributed by atoms with Crippen LogP contribution in [0.4, 0.5) is 0 Å². The molecule has 1 aromatic heterocycles. The van der Waals surface area contributed by atoms with Gasteiger partial charge in [-0.3, -0.25) is 4.79 Å². The molecule has 6 nitrogen and oxygen atoms in total. The summed E-state index contributed by atoms with van der Waals surface area (Å²) >= 11 is 0. The maximum atomic E-state index is 13.6. The summed E-state index contributed by atoms with van der Waals surface area (Å²) in [5.41, 5.74) is -0.915. The second-order valence-corrected chi connectivity index (χ2v) is 9.13. The third kappa shape index (κ3) is 2.77. The minimum Gasteiger partial charge on any atom is -0.423 e. The standard InChI is InChI=1S/C20H31N3O3/c1-4-15-21-22-16(26-15)10-23(6-3)17(24)19-8-14-7-18(5-2,11-19)12-20(25,9-14)13-19/h14,25H,4-13H2,1-3H3/t14-,18-,19-,20-/m0/s1. The largest absolute Gasteiger partial charge is 0.423 e. The first-order valence-corrected chi connectivity index (χ1v) is 10.2. The Hall–Kier alpha value is -1.43. The van der Waals surface area contributed by atoms with Crippen molar-refractivity contribution in [3.8, 4) is 0 Å². The van der Waals surface area contributed by atoms with E-state index in [1.54, 1.807) is 0 Å². The quantitative estimate of drug-likeness (QED) is 0.842. The molecule has 4 aliphatic carbocycles. The summed E-state index contributed by atoms with van der Waals surface area (Å²) in [6, 6.07) is 0. The van der Waals surface area contributed by atoms with Crippen molar-refractivity contribution in [2.45, 2.75) is 84.3 Å². The minimum atomic E-state index is -0.648. The second-order valence-electron chi connectivity index (χ2n) is 9.13. The molecule has 1 aromatic rings. The van der Waals surface area contributed by atoms with Gasteiger partial charge in [-0.25, -0.2) is 0 Å². The molecular weight excluding hydrogens is 330 g/mol. The molecule has 0 aliphatic heterocycles. The molecule has 5 rings (SSSR count). The smallest absolute Gasteiger partial charge is 0.235 e. The number of aryl methyl sites for hydroxylation is 1. The fraction of sp³-hybridized carbons (Fsp3) is 0.850. The lowest BCUT2D eigenvalue weighted by Gasteiger charge is -2.64. The summed E-state index contributed by atoms with van der Waals surface area (Å²) in [7, 11) is 0. The zero-order chi connectivity index (χ0) is 18.6. The zero-order valence-corrected chi connectivity index (χ0v) is 16.3. The molecule has 1 heterocycles. The molecule has 4 saturated carbocycles. The molecule has 4 aliphatic rings. The van der Waals surface area contributed by atoms with Crippen molar-refractivity contribution >= 4 is 5.91 Å². The maximum Gasteiger partial charge on any atom is 0.235 e. The number of aromatic nitrogens is 2. The number of amides is 1. The fourth-order valence-electron chi connectivity index (χ4n) is 6.54. The van der Waals surface area contributed by atoms with Crippen molar-refractivity contribution in [3.63, 3.8) is 0 Å². The third-order valence-electron chi connectivity index (χ3n) is 7.16. The number of hydrogen-bond donors (Lipinski definition) is 1. The molecule has 1 N–H and O–H groups in total. The van der Waals surface area contributed by atoms with Gasteiger partial charge in [0.25, 0.3) is 0 Å². The molecule has 0 unspecified atom stereocenters. The van der Waals surface area contributed by atoms with Gasteiger partial charge in [-0.05, 0) is 56.8 Å². The van der Waals surface area contributed by atoms with Crippen LogP contribution in [0.1, 0.15) is 77.5 Å². The van der Waals surface area contributed by atoms with E-state index in [1.807, 2.05) is 18.7 Å². The van der Waals surface area contributed by atoms with Gasteiger partial charge in [0.1, 0.15) is 0 Å². The van der Waals surface area contributed by atoms with E-state index in [9.17, 15) is 9.90 Å². The fourth-order valence-corrected chi connectivity index (χ4v) is 6.54. The van der Waals surface area contributed by atoms with E-state index >= 15 is 0 Å². The van der Waals surface area contributed by atoms with Gasteiger partial charge in [0.05, 0.1) is 17.6 Å². The highest BCUT2D eigenvalue weighted by molar-refractivity contribution is 5.83. The van der Waals surface area contributed by atoms with Crippen LogP contribution < -0.4 is 0 Å². The minimum absolute atomic E-state index is 0.142. The summed E-state index contributed by atoms with van der Waals surface area (Å²) in [6.07, 6.45) is 7.15. The van der Waals surface area contributed by atoms with E-state index in [4.69, 9.17) is 4.42 Å². The molecule has 0 radical (unpaired) electrons. The van der Waals surface area contributed by atoms with Crippen LogP contribution in [0.2, 0.25) is 0 Å². The Morgan fingerprint density at radius 3 is 2.54 bits per heavy atom. The predicted molar refractivity (Wildman–Crippen MR) is 96.1 cm³/mol. The number of nitrogens with zero attached hydrogens (tertiary/aromatic N) is 3. The Morgan fingerprint density at radius 1 is 1.15 bits per heavy atom. The molecule has 4 atom stereocenters. The summed E-state index contributed by atoms with van der Waals surface area (Å²) in [5, 5.41) is 19.3. The van der Waals surface area contributed by atoms with E-state index in [0.29, 0.717) is 43.6 Å². The number of rotatable bonds is 6. The van der Waals surface area contributed by atoms with Gasteiger partial charge < -0.3 is 14.4 Å². The van der Waals surface area contributed by atoms with Gasteiger partial charge in [-0.2, -0.15) is 0 Å². The van der Waals surface area contributed by atoms with Crippen LogP contribution in [0.3, 0.4) is 0 Å². The number of carbonyl (C=O) groups excluding carboxylic acids is 1. The SMILES string of the molecule is CCc1nnc(CN(CC)C(=O)[C@@]23C[C@H]4C[C@](O)(C[C@@](CC)(C4)C2)C3)o1. The second kappa shape index (κ2) is 6.04. The number of aliphatic hydroxyl groups is 1. The van der Waals surface area contributed by atoms with E-state index in [2.05, 4.69) is 17.1 Å². The zero-order valence-electron chi connectivity index (χ0n) is 16.3. The van der Waals surface area contributed by atoms with Crippen molar-refractivity contribution in [1.29, 1.82) is 0 Å². The van der Waals surface area contributed by atoms with Gasteiger partial charge in [0, 0.05) is 13.0 Å². The van der Waals surface area contributed by atoms with E-state index in [0.717, 1.165) is 32.1 Å². The molecule has 0 saturated heterocycles. The Morgan fingerprint density at radius 2 is 1.92 bits per heavy atom. The monoisotopic (exact) mass is 361 g/mol. The van der Waals surface area contributed by atoms with Crippen LogP contribution in [0.15, 0.2) is 4.42 Å². The summed E-state index contributed by atoms with van der Waals surface area (Å²) in [5.74, 6) is 1.77. The normalized spacial score (nSPS) is 37.9. The highest BCUT2D eigenvalue weighted by atomic mass is 16.4. The van der Waals surface area contributed by atoms with E-state index < -0.39 is 11.0 Å². The van der Waals surface area contributed by atoms with Crippen molar-refractivity contribution in [3.05, 3.63) is 11.8 Å². The first-order chi connectivity index (χ1) is 12.3. The topological polar surface area (TPSA) is 79.5 Å². The number of hydrogen-bond acceptors (Lipinski definition) is 5. The van der Waals surface area contributed by atoms with Crippen LogP contribution in [-0.4, -0.2) is 38.3 Å². The lowest BCUT2D eigenvalue weighted by Crippen LogP contribution is -2.64. The van der Waals surface area contributed by atoms with Crippen LogP contribution >= 0.6 is 0 Å². The molecule has 144 valence electrons. The van der Waals surface area contributed by atoms with Crippen molar-refractivity contribution < 1.29 is 14.3 Å². The highest BCUT2D eigenvalue weighted by Gasteiger charge is 2.65. The van der Waals surface area contributed by atoms with Gasteiger partial charge in [0.2, 0.25) is 17.7 Å². The van der Waals surface area contributed by atoms with Crippen LogP contribution in [-0.2, 0) is 17.8 Å². The molecular formula is C20H31N3O3. The number of carbonyl (C=O) groups is 1. The van der Waals surface area contributed by atoms with Gasteiger partial charge in [-0.15, -0.1) is 10.2 Å². The van der Waals surface area contributed by atoms with E-state index in [1.165, 1.54) is 6.42 Å². The molecule has 0 spiro atoms. The Bertz CT molecular complexity index is 704. The third-order valence-corrected chi connectivity index (χ3v) is 7.16. The Kier molecular flexibility index (Phi) is 4.17. The van der Waals surface area contributed by atoms with E-state index in [-0.39, 0.29) is 11.3 Å². The first kappa shape index (κ1) is 18.0. The molecule has 26 heavy (non-hydrogen) atoms. The van der Waals surface area contributed by atoms with Crippen molar-refractivity contribution in [2.24, 2.45) is 16.7 Å². The lowest BCUT2D eigenvalue weighted by molar-refractivity contribution is -0.210. The maximum absolute atomic E-state index is 13.6. The summed E-state index contributed by atoms with van der Waals surface area (Å²) in [6.45, 7) is 7.18. The van der Waals surface area contributed by atoms with Crippen molar-refractivity contribution in [2.75, 3.05) is 6.54 Å². The molecule has 1 amide bonds. The first-order valence-electron chi connectivity index (χ1n) is 10.2. The average Bonchev–Trinajstić information content (AvgIpc) is 3.04. The lowest BCUT2D eigenvalue weighted by atomic mass is 9.42. The van der Waals surface area contributed by atoms with Gasteiger partial charge in [0.15, 0.2) is 0 Å². The van der Waals surface area contributed by atoms with Gasteiger partial charge in [-0.1, -0.05) is 20.3 Å². The molecule has 4 bridgehead atoms. The Balaban J connectivity index is 1.59. The van der Waals surface area contributed by atoms with Gasteiger partial charge >= 0.3 is 0 Å². The van der Waals surface area contributed by atoms with Crippen LogP contribution in [0, 0.1) is 16.7 Å². The highest BCUT2D eigenvalue weighted by Crippen LogP contribution is 2.68. The average molecular weight is 361 g/mol. The predicted octanol–water partition coefficient (Wildman–Crippen LogP) is 3.09. The molecule has 0 aromatic carbocycles. The van der Waals surface area contributed by atoms with Crippen LogP contribution in [0.5, 0.6) is 0 Å². The molecule has 6 heteroatoms. The van der Waals surface area contributed by atoms with Crippen molar-refractivity contribution in [1.82, 2.24) is 15.1 Å². The Labute approximate surface area is 155 Å².